The number of thiazole rings is 1. The van der Waals surface area contributed by atoms with Crippen molar-refractivity contribution < 1.29 is 4.79 Å². The number of carbonyl (C=O) groups excluding carboxylic acids is 1. The summed E-state index contributed by atoms with van der Waals surface area (Å²) in [7, 11) is 0. The predicted octanol–water partition coefficient (Wildman–Crippen LogP) is 5.68. The molecule has 0 aliphatic heterocycles. The largest absolute Gasteiger partial charge is 0.298 e. The van der Waals surface area contributed by atoms with Crippen molar-refractivity contribution in [2.24, 2.45) is 0 Å². The van der Waals surface area contributed by atoms with Crippen molar-refractivity contribution in [1.29, 1.82) is 0 Å². The molecule has 0 atom stereocenters. The highest BCUT2D eigenvalue weighted by Crippen LogP contribution is 2.25. The highest BCUT2D eigenvalue weighted by molar-refractivity contribution is 7.14. The van der Waals surface area contributed by atoms with E-state index in [-0.39, 0.29) is 5.91 Å². The molecule has 1 heterocycles. The molecular weight excluding hydrogens is 352 g/mol. The molecule has 0 aliphatic rings. The van der Waals surface area contributed by atoms with Gasteiger partial charge in [0, 0.05) is 22.0 Å². The molecule has 3 aromatic rings. The highest BCUT2D eigenvalue weighted by Gasteiger charge is 2.06. The maximum Gasteiger partial charge on any atom is 0.250 e. The van der Waals surface area contributed by atoms with Gasteiger partial charge in [0.2, 0.25) is 5.91 Å². The molecule has 3 nitrogen and oxygen atoms in total. The molecule has 126 valence electrons. The zero-order chi connectivity index (χ0) is 17.6. The fourth-order valence-corrected chi connectivity index (χ4v) is 3.23. The standard InChI is InChI=1S/C20H17ClN2OS/c1-2-14-6-9-16(10-7-14)18-13-25-20(22-18)23-19(24)11-8-15-4-3-5-17(21)12-15/h3-13H,2H2,1H3,(H,22,23,24)/b11-8+. The van der Waals surface area contributed by atoms with Crippen LogP contribution in [0.1, 0.15) is 18.1 Å². The Kier molecular flexibility index (Phi) is 5.64. The maximum atomic E-state index is 12.0. The molecule has 3 rings (SSSR count). The average molecular weight is 369 g/mol. The minimum absolute atomic E-state index is 0.220. The van der Waals surface area contributed by atoms with E-state index in [0.717, 1.165) is 23.2 Å². The maximum absolute atomic E-state index is 12.0. The smallest absolute Gasteiger partial charge is 0.250 e. The van der Waals surface area contributed by atoms with Crippen molar-refractivity contribution in [2.45, 2.75) is 13.3 Å². The molecule has 0 radical (unpaired) electrons. The van der Waals surface area contributed by atoms with Crippen LogP contribution in [0.4, 0.5) is 5.13 Å². The number of benzene rings is 2. The van der Waals surface area contributed by atoms with Gasteiger partial charge in [-0.15, -0.1) is 11.3 Å². The minimum atomic E-state index is -0.220. The Morgan fingerprint density at radius 1 is 1.24 bits per heavy atom. The first-order chi connectivity index (χ1) is 12.1. The van der Waals surface area contributed by atoms with E-state index in [0.29, 0.717) is 10.2 Å². The summed E-state index contributed by atoms with van der Waals surface area (Å²) in [5.41, 5.74) is 4.07. The van der Waals surface area contributed by atoms with Crippen LogP contribution in [0, 0.1) is 0 Å². The summed E-state index contributed by atoms with van der Waals surface area (Å²) < 4.78 is 0. The molecule has 1 N–H and O–H groups in total. The number of nitrogens with one attached hydrogen (secondary N) is 1. The Morgan fingerprint density at radius 2 is 2.04 bits per heavy atom. The molecule has 0 spiro atoms. The summed E-state index contributed by atoms with van der Waals surface area (Å²) >= 11 is 7.34. The second-order valence-corrected chi connectivity index (χ2v) is 6.76. The third-order valence-electron chi connectivity index (χ3n) is 3.67. The number of rotatable bonds is 5. The molecule has 0 aliphatic carbocycles. The molecule has 5 heteroatoms. The molecule has 0 saturated heterocycles. The molecule has 25 heavy (non-hydrogen) atoms. The first-order valence-corrected chi connectivity index (χ1v) is 9.19. The van der Waals surface area contributed by atoms with E-state index in [9.17, 15) is 4.79 Å². The average Bonchev–Trinajstić information content (AvgIpc) is 3.08. The van der Waals surface area contributed by atoms with Crippen molar-refractivity contribution in [3.05, 3.63) is 76.1 Å². The number of hydrogen-bond donors (Lipinski definition) is 1. The van der Waals surface area contributed by atoms with Crippen LogP contribution >= 0.6 is 22.9 Å². The van der Waals surface area contributed by atoms with Gasteiger partial charge in [-0.3, -0.25) is 10.1 Å². The third kappa shape index (κ3) is 4.78. The molecule has 0 saturated carbocycles. The van der Waals surface area contributed by atoms with Crippen molar-refractivity contribution in [3.63, 3.8) is 0 Å². The fraction of sp³-hybridized carbons (Fsp3) is 0.100. The van der Waals surface area contributed by atoms with Gasteiger partial charge in [-0.1, -0.05) is 54.9 Å². The summed E-state index contributed by atoms with van der Waals surface area (Å²) in [5, 5.41) is 5.95. The van der Waals surface area contributed by atoms with Crippen LogP contribution in [0.2, 0.25) is 5.02 Å². The van der Waals surface area contributed by atoms with Crippen LogP contribution in [0.5, 0.6) is 0 Å². The van der Waals surface area contributed by atoms with E-state index in [1.54, 1.807) is 18.2 Å². The van der Waals surface area contributed by atoms with Gasteiger partial charge in [0.1, 0.15) is 0 Å². The number of anilines is 1. The van der Waals surface area contributed by atoms with Crippen LogP contribution in [-0.4, -0.2) is 10.9 Å². The van der Waals surface area contributed by atoms with Crippen molar-refractivity contribution in [2.75, 3.05) is 5.32 Å². The fourth-order valence-electron chi connectivity index (χ4n) is 2.30. The molecule has 1 amide bonds. The van der Waals surface area contributed by atoms with Gasteiger partial charge in [-0.2, -0.15) is 0 Å². The van der Waals surface area contributed by atoms with E-state index in [1.165, 1.54) is 23.0 Å². The molecular formula is C20H17ClN2OS. The van der Waals surface area contributed by atoms with Crippen molar-refractivity contribution >= 4 is 40.1 Å². The lowest BCUT2D eigenvalue weighted by molar-refractivity contribution is -0.111. The van der Waals surface area contributed by atoms with Gasteiger partial charge in [0.15, 0.2) is 5.13 Å². The predicted molar refractivity (Wildman–Crippen MR) is 106 cm³/mol. The van der Waals surface area contributed by atoms with Gasteiger partial charge >= 0.3 is 0 Å². The lowest BCUT2D eigenvalue weighted by Crippen LogP contribution is -2.07. The van der Waals surface area contributed by atoms with E-state index < -0.39 is 0 Å². The van der Waals surface area contributed by atoms with Crippen LogP contribution in [0.3, 0.4) is 0 Å². The number of aryl methyl sites for hydroxylation is 1. The first kappa shape index (κ1) is 17.4. The van der Waals surface area contributed by atoms with E-state index >= 15 is 0 Å². The van der Waals surface area contributed by atoms with Gasteiger partial charge in [-0.25, -0.2) is 4.98 Å². The van der Waals surface area contributed by atoms with Gasteiger partial charge < -0.3 is 0 Å². The first-order valence-electron chi connectivity index (χ1n) is 7.93. The second-order valence-electron chi connectivity index (χ2n) is 5.47. The molecule has 2 aromatic carbocycles. The van der Waals surface area contributed by atoms with Crippen molar-refractivity contribution in [3.8, 4) is 11.3 Å². The molecule has 0 fully saturated rings. The number of aromatic nitrogens is 1. The Labute approximate surface area is 156 Å². The summed E-state index contributed by atoms with van der Waals surface area (Å²) in [5.74, 6) is -0.220. The highest BCUT2D eigenvalue weighted by atomic mass is 35.5. The molecule has 0 unspecified atom stereocenters. The van der Waals surface area contributed by atoms with E-state index in [2.05, 4.69) is 41.5 Å². The second kappa shape index (κ2) is 8.10. The molecule has 0 bridgehead atoms. The number of amides is 1. The number of nitrogens with zero attached hydrogens (tertiary/aromatic N) is 1. The van der Waals surface area contributed by atoms with E-state index in [1.807, 2.05) is 17.5 Å². The lowest BCUT2D eigenvalue weighted by Gasteiger charge is -1.99. The quantitative estimate of drug-likeness (QED) is 0.589. The Morgan fingerprint density at radius 3 is 2.76 bits per heavy atom. The van der Waals surface area contributed by atoms with Gasteiger partial charge in [0.25, 0.3) is 0 Å². The van der Waals surface area contributed by atoms with Crippen molar-refractivity contribution in [1.82, 2.24) is 4.98 Å². The van der Waals surface area contributed by atoms with Crippen LogP contribution in [0.25, 0.3) is 17.3 Å². The zero-order valence-electron chi connectivity index (χ0n) is 13.7. The monoisotopic (exact) mass is 368 g/mol. The van der Waals surface area contributed by atoms with Gasteiger partial charge in [0.05, 0.1) is 5.69 Å². The Balaban J connectivity index is 1.65. The Bertz CT molecular complexity index is 900. The Hall–Kier alpha value is -2.43. The van der Waals surface area contributed by atoms with Crippen LogP contribution in [-0.2, 0) is 11.2 Å². The normalized spacial score (nSPS) is 11.0. The summed E-state index contributed by atoms with van der Waals surface area (Å²) in [6.07, 6.45) is 4.21. The summed E-state index contributed by atoms with van der Waals surface area (Å²) in [4.78, 5) is 16.5. The topological polar surface area (TPSA) is 42.0 Å². The summed E-state index contributed by atoms with van der Waals surface area (Å²) in [6.45, 7) is 2.13. The molecule has 1 aromatic heterocycles. The van der Waals surface area contributed by atoms with E-state index in [4.69, 9.17) is 11.6 Å². The number of halogens is 1. The zero-order valence-corrected chi connectivity index (χ0v) is 15.3. The lowest BCUT2D eigenvalue weighted by atomic mass is 10.1. The SMILES string of the molecule is CCc1ccc(-c2csc(NC(=O)/C=C/c3cccc(Cl)c3)n2)cc1. The number of hydrogen-bond acceptors (Lipinski definition) is 3. The van der Waals surface area contributed by atoms with Crippen LogP contribution in [0.15, 0.2) is 60.0 Å². The van der Waals surface area contributed by atoms with Gasteiger partial charge in [-0.05, 0) is 35.8 Å². The minimum Gasteiger partial charge on any atom is -0.298 e. The third-order valence-corrected chi connectivity index (χ3v) is 4.66. The van der Waals surface area contributed by atoms with Crippen LogP contribution < -0.4 is 5.32 Å². The number of carbonyl (C=O) groups is 1. The summed E-state index contributed by atoms with van der Waals surface area (Å²) in [6, 6.07) is 15.6.